The SMILES string of the molecule is Cc1cc(C(=O)COC(=O)c2ccc(NC(=O)C3CC3)cc2)c(C)n1C1CC1. The van der Waals surface area contributed by atoms with Crippen molar-refractivity contribution in [3.8, 4) is 0 Å². The first-order valence-electron chi connectivity index (χ1n) is 9.73. The van der Waals surface area contributed by atoms with Gasteiger partial charge >= 0.3 is 5.97 Å². The number of Topliss-reactive ketones (excluding diaryl/α,β-unsaturated/α-hetero) is 1. The van der Waals surface area contributed by atoms with E-state index in [4.69, 9.17) is 4.74 Å². The van der Waals surface area contributed by atoms with Crippen LogP contribution in [0, 0.1) is 19.8 Å². The molecule has 1 aromatic heterocycles. The Morgan fingerprint density at radius 2 is 1.75 bits per heavy atom. The second kappa shape index (κ2) is 7.26. The number of ether oxygens (including phenoxy) is 1. The standard InChI is InChI=1S/C22H24N2O4/c1-13-11-19(14(2)24(13)18-9-10-18)20(25)12-28-22(27)16-5-7-17(8-6-16)23-21(26)15-3-4-15/h5-8,11,15,18H,3-4,9-10,12H2,1-2H3,(H,23,26). The molecule has 1 aromatic carbocycles. The first-order valence-corrected chi connectivity index (χ1v) is 9.73. The van der Waals surface area contributed by atoms with E-state index in [2.05, 4.69) is 9.88 Å². The van der Waals surface area contributed by atoms with E-state index in [0.717, 1.165) is 37.1 Å². The number of nitrogens with one attached hydrogen (secondary N) is 1. The van der Waals surface area contributed by atoms with Gasteiger partial charge in [-0.1, -0.05) is 0 Å². The van der Waals surface area contributed by atoms with E-state index in [1.165, 1.54) is 0 Å². The number of nitrogens with zero attached hydrogens (tertiary/aromatic N) is 1. The summed E-state index contributed by atoms with van der Waals surface area (Å²) in [6, 6.07) is 8.90. The molecule has 0 saturated heterocycles. The maximum atomic E-state index is 12.5. The van der Waals surface area contributed by atoms with Gasteiger partial charge < -0.3 is 14.6 Å². The summed E-state index contributed by atoms with van der Waals surface area (Å²) in [5, 5.41) is 2.82. The van der Waals surface area contributed by atoms with Crippen LogP contribution in [0.5, 0.6) is 0 Å². The predicted molar refractivity (Wildman–Crippen MR) is 105 cm³/mol. The van der Waals surface area contributed by atoms with E-state index in [1.807, 2.05) is 19.9 Å². The summed E-state index contributed by atoms with van der Waals surface area (Å²) in [6.07, 6.45) is 4.17. The highest BCUT2D eigenvalue weighted by Gasteiger charge is 2.30. The van der Waals surface area contributed by atoms with Crippen molar-refractivity contribution in [2.45, 2.75) is 45.6 Å². The molecule has 6 heteroatoms. The van der Waals surface area contributed by atoms with E-state index in [1.54, 1.807) is 24.3 Å². The van der Waals surface area contributed by atoms with Gasteiger partial charge in [-0.15, -0.1) is 0 Å². The molecular formula is C22H24N2O4. The number of hydrogen-bond acceptors (Lipinski definition) is 4. The fourth-order valence-corrected chi connectivity index (χ4v) is 3.53. The lowest BCUT2D eigenvalue weighted by molar-refractivity contribution is -0.117. The van der Waals surface area contributed by atoms with Gasteiger partial charge in [0, 0.05) is 34.6 Å². The second-order valence-electron chi connectivity index (χ2n) is 7.73. The Morgan fingerprint density at radius 3 is 2.36 bits per heavy atom. The van der Waals surface area contributed by atoms with Crippen LogP contribution in [0.3, 0.4) is 0 Å². The van der Waals surface area contributed by atoms with Crippen LogP contribution in [0.25, 0.3) is 0 Å². The summed E-state index contributed by atoms with van der Waals surface area (Å²) in [4.78, 5) is 36.5. The summed E-state index contributed by atoms with van der Waals surface area (Å²) < 4.78 is 7.41. The molecule has 2 aliphatic rings. The van der Waals surface area contributed by atoms with Crippen LogP contribution in [0.1, 0.15) is 63.8 Å². The number of esters is 1. The number of aromatic nitrogens is 1. The Hall–Kier alpha value is -2.89. The zero-order chi connectivity index (χ0) is 19.8. The van der Waals surface area contributed by atoms with Gasteiger partial charge in [0.1, 0.15) is 0 Å². The summed E-state index contributed by atoms with van der Waals surface area (Å²) in [5.41, 5.74) is 3.63. The molecule has 28 heavy (non-hydrogen) atoms. The fourth-order valence-electron chi connectivity index (χ4n) is 3.53. The van der Waals surface area contributed by atoms with Crippen molar-refractivity contribution in [2.75, 3.05) is 11.9 Å². The van der Waals surface area contributed by atoms with E-state index in [0.29, 0.717) is 22.9 Å². The topological polar surface area (TPSA) is 77.4 Å². The van der Waals surface area contributed by atoms with E-state index in [-0.39, 0.29) is 24.2 Å². The number of rotatable bonds is 7. The molecule has 2 aliphatic carbocycles. The summed E-state index contributed by atoms with van der Waals surface area (Å²) in [7, 11) is 0. The highest BCUT2D eigenvalue weighted by Crippen LogP contribution is 2.38. The van der Waals surface area contributed by atoms with Crippen LogP contribution in [-0.4, -0.2) is 28.8 Å². The third-order valence-corrected chi connectivity index (χ3v) is 5.37. The Morgan fingerprint density at radius 1 is 1.07 bits per heavy atom. The monoisotopic (exact) mass is 380 g/mol. The number of amides is 1. The van der Waals surface area contributed by atoms with Gasteiger partial charge in [-0.3, -0.25) is 9.59 Å². The van der Waals surface area contributed by atoms with Gasteiger partial charge in [0.2, 0.25) is 11.7 Å². The number of ketones is 1. The highest BCUT2D eigenvalue weighted by molar-refractivity contribution is 6.00. The van der Waals surface area contributed by atoms with E-state index < -0.39 is 5.97 Å². The van der Waals surface area contributed by atoms with Crippen LogP contribution in [0.4, 0.5) is 5.69 Å². The van der Waals surface area contributed by atoms with E-state index in [9.17, 15) is 14.4 Å². The smallest absolute Gasteiger partial charge is 0.338 e. The number of anilines is 1. The number of hydrogen-bond donors (Lipinski definition) is 1. The molecule has 0 spiro atoms. The minimum atomic E-state index is -0.551. The van der Waals surface area contributed by atoms with Gasteiger partial charge in [-0.2, -0.15) is 0 Å². The van der Waals surface area contributed by atoms with Crippen molar-refractivity contribution < 1.29 is 19.1 Å². The van der Waals surface area contributed by atoms with Crippen molar-refractivity contribution in [1.29, 1.82) is 0 Å². The number of carbonyl (C=O) groups is 3. The minimum Gasteiger partial charge on any atom is -0.454 e. The first kappa shape index (κ1) is 18.5. The van der Waals surface area contributed by atoms with E-state index >= 15 is 0 Å². The molecule has 146 valence electrons. The maximum Gasteiger partial charge on any atom is 0.338 e. The molecule has 2 saturated carbocycles. The molecule has 2 aromatic rings. The van der Waals surface area contributed by atoms with Crippen molar-refractivity contribution in [3.63, 3.8) is 0 Å². The molecule has 1 N–H and O–H groups in total. The lowest BCUT2D eigenvalue weighted by Gasteiger charge is -2.08. The molecule has 0 atom stereocenters. The van der Waals surface area contributed by atoms with Gasteiger partial charge in [0.25, 0.3) is 0 Å². The Balaban J connectivity index is 1.34. The third kappa shape index (κ3) is 3.86. The van der Waals surface area contributed by atoms with Crippen molar-refractivity contribution in [1.82, 2.24) is 4.57 Å². The van der Waals surface area contributed by atoms with Crippen molar-refractivity contribution in [2.24, 2.45) is 5.92 Å². The summed E-state index contributed by atoms with van der Waals surface area (Å²) >= 11 is 0. The predicted octanol–water partition coefficient (Wildman–Crippen LogP) is 3.83. The summed E-state index contributed by atoms with van der Waals surface area (Å²) in [6.45, 7) is 3.65. The quantitative estimate of drug-likeness (QED) is 0.585. The van der Waals surface area contributed by atoms with Crippen molar-refractivity contribution >= 4 is 23.3 Å². The van der Waals surface area contributed by atoms with Crippen LogP contribution in [-0.2, 0) is 9.53 Å². The average molecular weight is 380 g/mol. The maximum absolute atomic E-state index is 12.5. The molecule has 4 rings (SSSR count). The molecular weight excluding hydrogens is 356 g/mol. The number of aryl methyl sites for hydroxylation is 1. The lowest BCUT2D eigenvalue weighted by Crippen LogP contribution is -2.15. The van der Waals surface area contributed by atoms with Gasteiger partial charge in [0.05, 0.1) is 5.56 Å². The van der Waals surface area contributed by atoms with Gasteiger partial charge in [-0.25, -0.2) is 4.79 Å². The first-order chi connectivity index (χ1) is 13.4. The van der Waals surface area contributed by atoms with Crippen LogP contribution < -0.4 is 5.32 Å². The molecule has 0 bridgehead atoms. The average Bonchev–Trinajstić information content (AvgIpc) is 3.58. The van der Waals surface area contributed by atoms with Crippen molar-refractivity contribution in [3.05, 3.63) is 52.8 Å². The Bertz CT molecular complexity index is 934. The molecule has 2 fully saturated rings. The van der Waals surface area contributed by atoms with Crippen LogP contribution >= 0.6 is 0 Å². The van der Waals surface area contributed by atoms with Gasteiger partial charge in [-0.05, 0) is 69.9 Å². The second-order valence-corrected chi connectivity index (χ2v) is 7.73. The third-order valence-electron chi connectivity index (χ3n) is 5.37. The zero-order valence-electron chi connectivity index (χ0n) is 16.2. The molecule has 0 radical (unpaired) electrons. The van der Waals surface area contributed by atoms with Gasteiger partial charge in [0.15, 0.2) is 6.61 Å². The molecule has 0 aliphatic heterocycles. The minimum absolute atomic E-state index is 0.0183. The van der Waals surface area contributed by atoms with Crippen LogP contribution in [0.2, 0.25) is 0 Å². The number of benzene rings is 1. The highest BCUT2D eigenvalue weighted by atomic mass is 16.5. The molecule has 1 amide bonds. The molecule has 6 nitrogen and oxygen atoms in total. The zero-order valence-corrected chi connectivity index (χ0v) is 16.2. The molecule has 0 unspecified atom stereocenters. The Labute approximate surface area is 163 Å². The fraction of sp³-hybridized carbons (Fsp3) is 0.409. The largest absolute Gasteiger partial charge is 0.454 e. The Kier molecular flexibility index (Phi) is 4.79. The lowest BCUT2D eigenvalue weighted by atomic mass is 10.1. The van der Waals surface area contributed by atoms with Crippen LogP contribution in [0.15, 0.2) is 30.3 Å². The molecule has 1 heterocycles. The normalized spacial score (nSPS) is 15.9. The number of carbonyl (C=O) groups excluding carboxylic acids is 3. The summed E-state index contributed by atoms with van der Waals surface area (Å²) in [5.74, 6) is -0.603.